The largest absolute Gasteiger partial charge is 0.466 e. The number of carbonyl (C=O) groups is 2. The van der Waals surface area contributed by atoms with Crippen LogP contribution in [0.1, 0.15) is 13.8 Å². The topological polar surface area (TPSA) is 43.4 Å². The smallest absolute Gasteiger partial charge is 0.330 e. The zero-order valence-electron chi connectivity index (χ0n) is 8.61. The highest BCUT2D eigenvalue weighted by Gasteiger charge is 1.91. The van der Waals surface area contributed by atoms with E-state index in [0.29, 0.717) is 5.57 Å². The van der Waals surface area contributed by atoms with E-state index in [0.717, 1.165) is 11.9 Å². The van der Waals surface area contributed by atoms with Crippen LogP contribution in [0.5, 0.6) is 0 Å². The summed E-state index contributed by atoms with van der Waals surface area (Å²) in [6.45, 7) is 3.48. The molecule has 0 rings (SSSR count). The fourth-order valence-electron chi connectivity index (χ4n) is 0.684. The molecule has 0 saturated heterocycles. The Kier molecular flexibility index (Phi) is 6.03. The van der Waals surface area contributed by atoms with Crippen LogP contribution in [-0.2, 0) is 14.3 Å². The van der Waals surface area contributed by atoms with Gasteiger partial charge in [0.1, 0.15) is 6.29 Å². The molecule has 0 heterocycles. The molecule has 0 unspecified atom stereocenters. The van der Waals surface area contributed by atoms with E-state index in [9.17, 15) is 9.59 Å². The molecule has 3 heteroatoms. The fraction of sp³-hybridized carbons (Fsp3) is 0.273. The average Bonchev–Trinajstić information content (AvgIpc) is 2.17. The van der Waals surface area contributed by atoms with E-state index in [-0.39, 0.29) is 5.97 Å². The highest BCUT2D eigenvalue weighted by molar-refractivity contribution is 5.83. The second kappa shape index (κ2) is 6.83. The molecule has 0 aliphatic carbocycles. The van der Waals surface area contributed by atoms with E-state index >= 15 is 0 Å². The predicted molar refractivity (Wildman–Crippen MR) is 54.7 cm³/mol. The van der Waals surface area contributed by atoms with E-state index in [4.69, 9.17) is 0 Å². The van der Waals surface area contributed by atoms with E-state index in [1.54, 1.807) is 32.1 Å². The molecule has 0 aliphatic rings. The van der Waals surface area contributed by atoms with Crippen molar-refractivity contribution in [2.24, 2.45) is 0 Å². The molecule has 0 aliphatic heterocycles. The first-order chi connectivity index (χ1) is 6.60. The van der Waals surface area contributed by atoms with E-state index in [1.807, 2.05) is 0 Å². The van der Waals surface area contributed by atoms with Gasteiger partial charge in [-0.15, -0.1) is 0 Å². The molecule has 0 aromatic heterocycles. The van der Waals surface area contributed by atoms with Gasteiger partial charge in [-0.05, 0) is 25.0 Å². The van der Waals surface area contributed by atoms with Gasteiger partial charge in [0.25, 0.3) is 0 Å². The van der Waals surface area contributed by atoms with Gasteiger partial charge in [-0.1, -0.05) is 18.2 Å². The highest BCUT2D eigenvalue weighted by atomic mass is 16.5. The minimum Gasteiger partial charge on any atom is -0.466 e. The van der Waals surface area contributed by atoms with Gasteiger partial charge in [0, 0.05) is 6.08 Å². The van der Waals surface area contributed by atoms with Gasteiger partial charge in [-0.2, -0.15) is 0 Å². The maximum absolute atomic E-state index is 10.8. The van der Waals surface area contributed by atoms with Crippen molar-refractivity contribution in [1.29, 1.82) is 0 Å². The van der Waals surface area contributed by atoms with E-state index in [2.05, 4.69) is 4.74 Å². The van der Waals surface area contributed by atoms with E-state index < -0.39 is 0 Å². The molecule has 14 heavy (non-hydrogen) atoms. The molecule has 0 aromatic rings. The average molecular weight is 194 g/mol. The molecule has 0 bridgehead atoms. The molecule has 0 saturated carbocycles. The number of hydrogen-bond acceptors (Lipinski definition) is 3. The van der Waals surface area contributed by atoms with Crippen LogP contribution in [0.3, 0.4) is 0 Å². The number of methoxy groups -OCH3 is 1. The normalized spacial score (nSPS) is 13.1. The quantitative estimate of drug-likeness (QED) is 0.296. The summed E-state index contributed by atoms with van der Waals surface area (Å²) >= 11 is 0. The van der Waals surface area contributed by atoms with Crippen molar-refractivity contribution < 1.29 is 14.3 Å². The summed E-state index contributed by atoms with van der Waals surface area (Å²) in [5.41, 5.74) is 1.40. The predicted octanol–water partition coefficient (Wildman–Crippen LogP) is 1.81. The third kappa shape index (κ3) is 5.94. The van der Waals surface area contributed by atoms with Crippen molar-refractivity contribution in [3.63, 3.8) is 0 Å². The van der Waals surface area contributed by atoms with Crippen LogP contribution in [0.4, 0.5) is 0 Å². The van der Waals surface area contributed by atoms with Gasteiger partial charge in [0.05, 0.1) is 7.11 Å². The molecule has 0 N–H and O–H groups in total. The van der Waals surface area contributed by atoms with Gasteiger partial charge in [0.15, 0.2) is 0 Å². The van der Waals surface area contributed by atoms with Gasteiger partial charge in [-0.3, -0.25) is 4.79 Å². The number of rotatable bonds is 4. The lowest BCUT2D eigenvalue weighted by Gasteiger charge is -1.91. The first-order valence-electron chi connectivity index (χ1n) is 4.16. The first-order valence-corrected chi connectivity index (χ1v) is 4.16. The number of esters is 1. The Hall–Kier alpha value is -1.64. The monoisotopic (exact) mass is 194 g/mol. The molecule has 0 radical (unpaired) electrons. The summed E-state index contributed by atoms with van der Waals surface area (Å²) in [4.78, 5) is 21.0. The van der Waals surface area contributed by atoms with Crippen molar-refractivity contribution in [1.82, 2.24) is 0 Å². The zero-order valence-corrected chi connectivity index (χ0v) is 8.61. The minimum atomic E-state index is -0.386. The molecule has 3 nitrogen and oxygen atoms in total. The Morgan fingerprint density at radius 3 is 2.36 bits per heavy atom. The number of aldehydes is 1. The molecule has 0 amide bonds. The second-order valence-electron chi connectivity index (χ2n) is 2.80. The van der Waals surface area contributed by atoms with Crippen molar-refractivity contribution in [3.8, 4) is 0 Å². The molecule has 0 atom stereocenters. The molecule has 0 spiro atoms. The van der Waals surface area contributed by atoms with Gasteiger partial charge >= 0.3 is 5.97 Å². The van der Waals surface area contributed by atoms with Crippen LogP contribution >= 0.6 is 0 Å². The van der Waals surface area contributed by atoms with Crippen molar-refractivity contribution >= 4 is 12.3 Å². The Balaban J connectivity index is 4.31. The third-order valence-corrected chi connectivity index (χ3v) is 1.45. The Bertz CT molecular complexity index is 296. The van der Waals surface area contributed by atoms with Crippen LogP contribution in [0.15, 0.2) is 35.5 Å². The van der Waals surface area contributed by atoms with Crippen LogP contribution < -0.4 is 0 Å². The molecular weight excluding hydrogens is 180 g/mol. The number of ether oxygens (including phenoxy) is 1. The Morgan fingerprint density at radius 1 is 1.21 bits per heavy atom. The summed E-state index contributed by atoms with van der Waals surface area (Å²) < 4.78 is 4.45. The van der Waals surface area contributed by atoms with Crippen LogP contribution in [-0.4, -0.2) is 19.4 Å². The standard InChI is InChI=1S/C11H14O3/c1-9(7-11(13)14-3)5-4-6-10(2)8-12/h4-8H,1-3H3. The fourth-order valence-corrected chi connectivity index (χ4v) is 0.684. The molecular formula is C11H14O3. The summed E-state index contributed by atoms with van der Waals surface area (Å²) in [7, 11) is 1.33. The van der Waals surface area contributed by atoms with Crippen molar-refractivity contribution in [2.75, 3.05) is 7.11 Å². The number of allylic oxidation sites excluding steroid dienone is 5. The third-order valence-electron chi connectivity index (χ3n) is 1.45. The van der Waals surface area contributed by atoms with Crippen molar-refractivity contribution in [3.05, 3.63) is 35.5 Å². The summed E-state index contributed by atoms with van der Waals surface area (Å²) in [6.07, 6.45) is 7.24. The lowest BCUT2D eigenvalue weighted by atomic mass is 10.2. The lowest BCUT2D eigenvalue weighted by Crippen LogP contribution is -1.94. The second-order valence-corrected chi connectivity index (χ2v) is 2.80. The summed E-state index contributed by atoms with van der Waals surface area (Å²) in [5, 5.41) is 0. The Morgan fingerprint density at radius 2 is 1.86 bits per heavy atom. The maximum Gasteiger partial charge on any atom is 0.330 e. The van der Waals surface area contributed by atoms with Gasteiger partial charge in [-0.25, -0.2) is 4.79 Å². The van der Waals surface area contributed by atoms with Crippen molar-refractivity contribution in [2.45, 2.75) is 13.8 Å². The number of carbonyl (C=O) groups excluding carboxylic acids is 2. The molecule has 0 aromatic carbocycles. The highest BCUT2D eigenvalue weighted by Crippen LogP contribution is 1.97. The number of hydrogen-bond donors (Lipinski definition) is 0. The van der Waals surface area contributed by atoms with E-state index in [1.165, 1.54) is 13.2 Å². The maximum atomic E-state index is 10.8. The van der Waals surface area contributed by atoms with Crippen LogP contribution in [0.2, 0.25) is 0 Å². The lowest BCUT2D eigenvalue weighted by molar-refractivity contribution is -0.134. The molecule has 0 fully saturated rings. The Labute approximate surface area is 83.8 Å². The molecule has 76 valence electrons. The summed E-state index contributed by atoms with van der Waals surface area (Å²) in [6, 6.07) is 0. The summed E-state index contributed by atoms with van der Waals surface area (Å²) in [5.74, 6) is -0.386. The van der Waals surface area contributed by atoms with Crippen LogP contribution in [0, 0.1) is 0 Å². The van der Waals surface area contributed by atoms with Gasteiger partial charge in [0.2, 0.25) is 0 Å². The minimum absolute atomic E-state index is 0.386. The first kappa shape index (κ1) is 12.4. The van der Waals surface area contributed by atoms with Crippen LogP contribution in [0.25, 0.3) is 0 Å². The van der Waals surface area contributed by atoms with Gasteiger partial charge < -0.3 is 4.74 Å². The SMILES string of the molecule is COC(=O)C=C(C)C=CC=C(C)C=O. The zero-order chi connectivity index (χ0) is 11.0.